The molecule has 2 nitrogen and oxygen atoms in total. The average Bonchev–Trinajstić information content (AvgIpc) is 2.21. The van der Waals surface area contributed by atoms with Crippen LogP contribution in [0.4, 0.5) is 0 Å². The Labute approximate surface area is 106 Å². The Morgan fingerprint density at radius 1 is 1.12 bits per heavy atom. The Kier molecular flexibility index (Phi) is 9.89. The molecule has 0 aromatic rings. The van der Waals surface area contributed by atoms with Gasteiger partial charge in [0.1, 0.15) is 0 Å². The first-order valence-electron chi connectivity index (χ1n) is 6.94. The highest BCUT2D eigenvalue weighted by molar-refractivity contribution is 5.82. The van der Waals surface area contributed by atoms with E-state index in [2.05, 4.69) is 6.92 Å². The lowest BCUT2D eigenvalue weighted by Gasteiger charge is -2.06. The van der Waals surface area contributed by atoms with E-state index in [1.807, 2.05) is 20.8 Å². The normalized spacial score (nSPS) is 11.9. The Bertz CT molecular complexity index is 229. The second-order valence-electron chi connectivity index (χ2n) is 4.99. The van der Waals surface area contributed by atoms with Gasteiger partial charge >= 0.3 is 5.97 Å². The van der Waals surface area contributed by atoms with Crippen molar-refractivity contribution in [3.8, 4) is 0 Å². The van der Waals surface area contributed by atoms with E-state index in [1.165, 1.54) is 38.5 Å². The number of ether oxygens (including phenoxy) is 1. The van der Waals surface area contributed by atoms with Gasteiger partial charge in [0.15, 0.2) is 0 Å². The third-order valence-electron chi connectivity index (χ3n) is 2.64. The monoisotopic (exact) mass is 240 g/mol. The second-order valence-corrected chi connectivity index (χ2v) is 4.99. The number of carbonyl (C=O) groups is 1. The maximum Gasteiger partial charge on any atom is 0.330 e. The summed E-state index contributed by atoms with van der Waals surface area (Å²) < 4.78 is 5.06. The van der Waals surface area contributed by atoms with Crippen LogP contribution in [0.15, 0.2) is 11.6 Å². The Balaban J connectivity index is 3.60. The molecule has 0 aromatic heterocycles. The summed E-state index contributed by atoms with van der Waals surface area (Å²) in [6, 6.07) is 0. The zero-order valence-electron chi connectivity index (χ0n) is 11.9. The maximum absolute atomic E-state index is 11.3. The van der Waals surface area contributed by atoms with Gasteiger partial charge in [0, 0.05) is 6.08 Å². The van der Waals surface area contributed by atoms with Gasteiger partial charge in [0.05, 0.1) is 6.10 Å². The van der Waals surface area contributed by atoms with Crippen molar-refractivity contribution in [2.45, 2.75) is 78.7 Å². The fourth-order valence-electron chi connectivity index (χ4n) is 1.72. The highest BCUT2D eigenvalue weighted by Gasteiger charge is 2.02. The number of carbonyl (C=O) groups excluding carboxylic acids is 1. The third kappa shape index (κ3) is 11.5. The van der Waals surface area contributed by atoms with Crippen LogP contribution in [0.5, 0.6) is 0 Å². The summed E-state index contributed by atoms with van der Waals surface area (Å²) in [6.45, 7) is 7.98. The highest BCUT2D eigenvalue weighted by atomic mass is 16.5. The van der Waals surface area contributed by atoms with E-state index in [0.29, 0.717) is 0 Å². The lowest BCUT2D eigenvalue weighted by molar-refractivity contribution is -0.141. The van der Waals surface area contributed by atoms with Gasteiger partial charge in [-0.15, -0.1) is 0 Å². The number of hydrogen-bond donors (Lipinski definition) is 0. The zero-order valence-corrected chi connectivity index (χ0v) is 11.9. The summed E-state index contributed by atoms with van der Waals surface area (Å²) in [6.07, 6.45) is 10.4. The molecule has 0 bridgehead atoms. The summed E-state index contributed by atoms with van der Waals surface area (Å²) >= 11 is 0. The number of rotatable bonds is 9. The molecule has 2 heteroatoms. The van der Waals surface area contributed by atoms with E-state index in [9.17, 15) is 4.79 Å². The largest absolute Gasteiger partial charge is 0.460 e. The van der Waals surface area contributed by atoms with E-state index in [4.69, 9.17) is 4.74 Å². The molecule has 0 unspecified atom stereocenters. The molecule has 17 heavy (non-hydrogen) atoms. The number of hydrogen-bond acceptors (Lipinski definition) is 2. The number of esters is 1. The summed E-state index contributed by atoms with van der Waals surface area (Å²) in [5.41, 5.74) is 1.13. The number of unbranched alkanes of at least 4 members (excludes halogenated alkanes) is 5. The van der Waals surface area contributed by atoms with Crippen LogP contribution >= 0.6 is 0 Å². The molecule has 0 spiro atoms. The zero-order chi connectivity index (χ0) is 13.1. The van der Waals surface area contributed by atoms with Crippen LogP contribution in [0, 0.1) is 0 Å². The Morgan fingerprint density at radius 3 is 2.29 bits per heavy atom. The molecule has 0 saturated carbocycles. The molecule has 0 aliphatic carbocycles. The smallest absolute Gasteiger partial charge is 0.330 e. The van der Waals surface area contributed by atoms with Gasteiger partial charge in [0.25, 0.3) is 0 Å². The van der Waals surface area contributed by atoms with Crippen LogP contribution in [0.25, 0.3) is 0 Å². The van der Waals surface area contributed by atoms with Crippen LogP contribution < -0.4 is 0 Å². The molecule has 0 radical (unpaired) electrons. The lowest BCUT2D eigenvalue weighted by atomic mass is 10.1. The van der Waals surface area contributed by atoms with Crippen LogP contribution in [-0.4, -0.2) is 12.1 Å². The first-order valence-corrected chi connectivity index (χ1v) is 6.94. The first kappa shape index (κ1) is 16.2. The molecular weight excluding hydrogens is 212 g/mol. The summed E-state index contributed by atoms with van der Waals surface area (Å²) in [5, 5.41) is 0. The van der Waals surface area contributed by atoms with Crippen molar-refractivity contribution in [2.24, 2.45) is 0 Å². The van der Waals surface area contributed by atoms with E-state index >= 15 is 0 Å². The SMILES string of the molecule is CCCCCCCCC(C)=CC(=O)OC(C)C. The van der Waals surface area contributed by atoms with E-state index in [0.717, 1.165) is 12.0 Å². The highest BCUT2D eigenvalue weighted by Crippen LogP contribution is 2.11. The molecular formula is C15H28O2. The molecule has 0 atom stereocenters. The van der Waals surface area contributed by atoms with Gasteiger partial charge in [-0.3, -0.25) is 0 Å². The summed E-state index contributed by atoms with van der Waals surface area (Å²) in [4.78, 5) is 11.3. The predicted molar refractivity (Wildman–Crippen MR) is 73.0 cm³/mol. The lowest BCUT2D eigenvalue weighted by Crippen LogP contribution is -2.08. The van der Waals surface area contributed by atoms with E-state index < -0.39 is 0 Å². The molecule has 0 aliphatic rings. The Hall–Kier alpha value is -0.790. The maximum atomic E-state index is 11.3. The summed E-state index contributed by atoms with van der Waals surface area (Å²) in [5.74, 6) is -0.205. The molecule has 0 fully saturated rings. The number of allylic oxidation sites excluding steroid dienone is 1. The minimum atomic E-state index is -0.205. The van der Waals surface area contributed by atoms with Crippen molar-refractivity contribution in [1.29, 1.82) is 0 Å². The molecule has 0 aliphatic heterocycles. The molecule has 0 rings (SSSR count). The van der Waals surface area contributed by atoms with Gasteiger partial charge in [0.2, 0.25) is 0 Å². The molecule has 0 aromatic carbocycles. The fourth-order valence-corrected chi connectivity index (χ4v) is 1.72. The second kappa shape index (κ2) is 10.4. The van der Waals surface area contributed by atoms with Gasteiger partial charge in [-0.25, -0.2) is 4.79 Å². The van der Waals surface area contributed by atoms with Crippen molar-refractivity contribution >= 4 is 5.97 Å². The van der Waals surface area contributed by atoms with Crippen molar-refractivity contribution in [1.82, 2.24) is 0 Å². The molecule has 0 saturated heterocycles. The fraction of sp³-hybridized carbons (Fsp3) is 0.800. The minimum Gasteiger partial charge on any atom is -0.460 e. The molecule has 0 amide bonds. The Morgan fingerprint density at radius 2 is 1.71 bits per heavy atom. The predicted octanol–water partition coefficient (Wildman–Crippen LogP) is 4.63. The van der Waals surface area contributed by atoms with Crippen LogP contribution in [-0.2, 0) is 9.53 Å². The topological polar surface area (TPSA) is 26.3 Å². The van der Waals surface area contributed by atoms with Crippen LogP contribution in [0.1, 0.15) is 72.6 Å². The van der Waals surface area contributed by atoms with Crippen molar-refractivity contribution in [3.63, 3.8) is 0 Å². The average molecular weight is 240 g/mol. The van der Waals surface area contributed by atoms with Crippen molar-refractivity contribution < 1.29 is 9.53 Å². The molecule has 100 valence electrons. The van der Waals surface area contributed by atoms with E-state index in [1.54, 1.807) is 6.08 Å². The van der Waals surface area contributed by atoms with E-state index in [-0.39, 0.29) is 12.1 Å². The molecule has 0 heterocycles. The van der Waals surface area contributed by atoms with Crippen LogP contribution in [0.3, 0.4) is 0 Å². The van der Waals surface area contributed by atoms with Gasteiger partial charge in [-0.05, 0) is 33.6 Å². The third-order valence-corrected chi connectivity index (χ3v) is 2.64. The van der Waals surface area contributed by atoms with Gasteiger partial charge < -0.3 is 4.74 Å². The van der Waals surface area contributed by atoms with Crippen molar-refractivity contribution in [3.05, 3.63) is 11.6 Å². The molecule has 0 N–H and O–H groups in total. The van der Waals surface area contributed by atoms with Crippen LogP contribution in [0.2, 0.25) is 0 Å². The summed E-state index contributed by atoms with van der Waals surface area (Å²) in [7, 11) is 0. The minimum absolute atomic E-state index is 0.0272. The van der Waals surface area contributed by atoms with Gasteiger partial charge in [-0.1, -0.05) is 44.6 Å². The first-order chi connectivity index (χ1) is 8.06. The standard InChI is InChI=1S/C15H28O2/c1-5-6-7-8-9-10-11-14(4)12-15(16)17-13(2)3/h12-13H,5-11H2,1-4H3. The van der Waals surface area contributed by atoms with Crippen molar-refractivity contribution in [2.75, 3.05) is 0 Å². The quantitative estimate of drug-likeness (QED) is 0.333. The van der Waals surface area contributed by atoms with Gasteiger partial charge in [-0.2, -0.15) is 0 Å².